The Morgan fingerprint density at radius 2 is 2.27 bits per heavy atom. The summed E-state index contributed by atoms with van der Waals surface area (Å²) in [6.45, 7) is 3.96. The van der Waals surface area contributed by atoms with Gasteiger partial charge in [-0.1, -0.05) is 0 Å². The van der Waals surface area contributed by atoms with Crippen LogP contribution in [0, 0.1) is 5.92 Å². The number of ether oxygens (including phenoxy) is 1. The van der Waals surface area contributed by atoms with E-state index < -0.39 is 0 Å². The maximum atomic E-state index is 11.7. The van der Waals surface area contributed by atoms with E-state index in [-0.39, 0.29) is 6.10 Å². The number of likely N-dealkylation sites (tertiary alicyclic amines) is 1. The van der Waals surface area contributed by atoms with Crippen LogP contribution >= 0.6 is 0 Å². The minimum atomic E-state index is 0.190. The highest BCUT2D eigenvalue weighted by Crippen LogP contribution is 2.31. The van der Waals surface area contributed by atoms with Gasteiger partial charge in [0.05, 0.1) is 18.6 Å². The molecule has 15 heavy (non-hydrogen) atoms. The van der Waals surface area contributed by atoms with Crippen molar-refractivity contribution in [1.82, 2.24) is 10.2 Å². The van der Waals surface area contributed by atoms with E-state index in [1.807, 2.05) is 4.90 Å². The molecule has 0 aromatic heterocycles. The van der Waals surface area contributed by atoms with Gasteiger partial charge in [0, 0.05) is 32.1 Å². The number of amides is 1. The second-order valence-electron chi connectivity index (χ2n) is 4.89. The second-order valence-corrected chi connectivity index (χ2v) is 4.89. The van der Waals surface area contributed by atoms with Crippen LogP contribution in [0.5, 0.6) is 0 Å². The van der Waals surface area contributed by atoms with Crippen molar-refractivity contribution in [2.24, 2.45) is 5.92 Å². The third-order valence-corrected chi connectivity index (χ3v) is 3.82. The molecule has 0 spiro atoms. The van der Waals surface area contributed by atoms with Crippen LogP contribution in [0.4, 0.5) is 0 Å². The molecule has 0 saturated carbocycles. The number of carbonyl (C=O) groups is 1. The van der Waals surface area contributed by atoms with Crippen LogP contribution in [-0.2, 0) is 9.53 Å². The van der Waals surface area contributed by atoms with Crippen LogP contribution < -0.4 is 5.32 Å². The van der Waals surface area contributed by atoms with E-state index in [9.17, 15) is 4.79 Å². The summed E-state index contributed by atoms with van der Waals surface area (Å²) in [5.74, 6) is 0.943. The van der Waals surface area contributed by atoms with E-state index in [1.54, 1.807) is 0 Å². The summed E-state index contributed by atoms with van der Waals surface area (Å²) in [5.41, 5.74) is 0. The molecular weight excluding hydrogens is 192 g/mol. The SMILES string of the molecule is O=C(C[C@@H]1C[C@@H]2CNC[C@@H]2O1)N1CCC1. The van der Waals surface area contributed by atoms with E-state index >= 15 is 0 Å². The smallest absolute Gasteiger partial charge is 0.225 e. The molecule has 3 saturated heterocycles. The average Bonchev–Trinajstić information content (AvgIpc) is 2.58. The van der Waals surface area contributed by atoms with Crippen molar-refractivity contribution < 1.29 is 9.53 Å². The summed E-state index contributed by atoms with van der Waals surface area (Å²) in [4.78, 5) is 13.7. The van der Waals surface area contributed by atoms with Crippen molar-refractivity contribution >= 4 is 5.91 Å². The van der Waals surface area contributed by atoms with Crippen molar-refractivity contribution in [3.8, 4) is 0 Å². The molecule has 0 radical (unpaired) electrons. The van der Waals surface area contributed by atoms with Crippen molar-refractivity contribution in [2.45, 2.75) is 31.5 Å². The molecule has 3 rings (SSSR count). The van der Waals surface area contributed by atoms with E-state index in [2.05, 4.69) is 5.32 Å². The summed E-state index contributed by atoms with van der Waals surface area (Å²) >= 11 is 0. The van der Waals surface area contributed by atoms with Gasteiger partial charge in [-0.25, -0.2) is 0 Å². The molecule has 1 N–H and O–H groups in total. The van der Waals surface area contributed by atoms with Gasteiger partial charge in [0.2, 0.25) is 5.91 Å². The summed E-state index contributed by atoms with van der Waals surface area (Å²) in [6.07, 6.45) is 3.41. The quantitative estimate of drug-likeness (QED) is 0.697. The van der Waals surface area contributed by atoms with Crippen LogP contribution in [0.2, 0.25) is 0 Å². The summed E-state index contributed by atoms with van der Waals surface area (Å²) in [5, 5.41) is 3.32. The summed E-state index contributed by atoms with van der Waals surface area (Å²) in [7, 11) is 0. The molecule has 3 heterocycles. The lowest BCUT2D eigenvalue weighted by Gasteiger charge is -2.31. The maximum absolute atomic E-state index is 11.7. The highest BCUT2D eigenvalue weighted by Gasteiger charge is 2.39. The molecule has 3 atom stereocenters. The number of fused-ring (bicyclic) bond motifs is 1. The average molecular weight is 210 g/mol. The Balaban J connectivity index is 1.50. The maximum Gasteiger partial charge on any atom is 0.225 e. The topological polar surface area (TPSA) is 41.6 Å². The number of rotatable bonds is 2. The van der Waals surface area contributed by atoms with Crippen LogP contribution in [0.1, 0.15) is 19.3 Å². The fourth-order valence-corrected chi connectivity index (χ4v) is 2.76. The first-order valence-corrected chi connectivity index (χ1v) is 5.97. The Morgan fingerprint density at radius 1 is 1.40 bits per heavy atom. The van der Waals surface area contributed by atoms with Gasteiger partial charge in [-0.05, 0) is 12.8 Å². The molecule has 1 amide bonds. The Kier molecular flexibility index (Phi) is 2.41. The Morgan fingerprint density at radius 3 is 2.93 bits per heavy atom. The van der Waals surface area contributed by atoms with Crippen molar-refractivity contribution in [3.63, 3.8) is 0 Å². The van der Waals surface area contributed by atoms with Crippen molar-refractivity contribution in [3.05, 3.63) is 0 Å². The van der Waals surface area contributed by atoms with Gasteiger partial charge >= 0.3 is 0 Å². The fraction of sp³-hybridized carbons (Fsp3) is 0.909. The zero-order valence-corrected chi connectivity index (χ0v) is 8.95. The standard InChI is InChI=1S/C11H18N2O2/c14-11(13-2-1-3-13)5-9-4-8-6-12-7-10(8)15-9/h8-10,12H,1-7H2/t8-,9+,10+/m1/s1. The lowest BCUT2D eigenvalue weighted by molar-refractivity contribution is -0.137. The molecule has 3 fully saturated rings. The number of nitrogens with zero attached hydrogens (tertiary/aromatic N) is 1. The van der Waals surface area contributed by atoms with Crippen molar-refractivity contribution in [2.75, 3.05) is 26.2 Å². The molecule has 0 aromatic rings. The largest absolute Gasteiger partial charge is 0.373 e. The van der Waals surface area contributed by atoms with Crippen LogP contribution in [0.15, 0.2) is 0 Å². The molecule has 4 heteroatoms. The zero-order valence-electron chi connectivity index (χ0n) is 8.95. The van der Waals surface area contributed by atoms with Crippen LogP contribution in [0.3, 0.4) is 0 Å². The normalized spacial score (nSPS) is 38.9. The monoisotopic (exact) mass is 210 g/mol. The number of hydrogen-bond acceptors (Lipinski definition) is 3. The third-order valence-electron chi connectivity index (χ3n) is 3.82. The Labute approximate surface area is 90.0 Å². The molecule has 0 aromatic carbocycles. The first-order chi connectivity index (χ1) is 7.33. The lowest BCUT2D eigenvalue weighted by atomic mass is 10.0. The predicted molar refractivity (Wildman–Crippen MR) is 55.5 cm³/mol. The Bertz CT molecular complexity index is 253. The molecule has 0 aliphatic carbocycles. The van der Waals surface area contributed by atoms with E-state index in [4.69, 9.17) is 4.74 Å². The molecule has 84 valence electrons. The first kappa shape index (κ1) is 9.60. The number of hydrogen-bond donors (Lipinski definition) is 1. The fourth-order valence-electron chi connectivity index (χ4n) is 2.76. The van der Waals surface area contributed by atoms with Gasteiger partial charge < -0.3 is 15.0 Å². The van der Waals surface area contributed by atoms with Gasteiger partial charge in [0.25, 0.3) is 0 Å². The van der Waals surface area contributed by atoms with Gasteiger partial charge in [-0.2, -0.15) is 0 Å². The molecule has 0 unspecified atom stereocenters. The molecule has 3 aliphatic heterocycles. The van der Waals surface area contributed by atoms with Gasteiger partial charge in [-0.3, -0.25) is 4.79 Å². The zero-order chi connectivity index (χ0) is 10.3. The molecular formula is C11H18N2O2. The van der Waals surface area contributed by atoms with Gasteiger partial charge in [0.15, 0.2) is 0 Å². The van der Waals surface area contributed by atoms with E-state index in [1.165, 1.54) is 6.42 Å². The molecule has 4 nitrogen and oxygen atoms in total. The predicted octanol–water partition coefficient (Wildman–Crippen LogP) is -0.0143. The summed E-state index contributed by atoms with van der Waals surface area (Å²) in [6, 6.07) is 0. The van der Waals surface area contributed by atoms with Gasteiger partial charge in [0.1, 0.15) is 0 Å². The Hall–Kier alpha value is -0.610. The highest BCUT2D eigenvalue weighted by molar-refractivity contribution is 5.77. The lowest BCUT2D eigenvalue weighted by Crippen LogP contribution is -2.43. The molecule has 0 bridgehead atoms. The highest BCUT2D eigenvalue weighted by atomic mass is 16.5. The van der Waals surface area contributed by atoms with Crippen LogP contribution in [0.25, 0.3) is 0 Å². The summed E-state index contributed by atoms with van der Waals surface area (Å²) < 4.78 is 5.86. The van der Waals surface area contributed by atoms with E-state index in [0.29, 0.717) is 24.3 Å². The van der Waals surface area contributed by atoms with Gasteiger partial charge in [-0.15, -0.1) is 0 Å². The first-order valence-electron chi connectivity index (χ1n) is 5.97. The minimum Gasteiger partial charge on any atom is -0.373 e. The number of nitrogens with one attached hydrogen (secondary N) is 1. The number of carbonyl (C=O) groups excluding carboxylic acids is 1. The minimum absolute atomic E-state index is 0.190. The van der Waals surface area contributed by atoms with E-state index in [0.717, 1.165) is 32.6 Å². The van der Waals surface area contributed by atoms with Crippen LogP contribution in [-0.4, -0.2) is 49.2 Å². The molecule has 3 aliphatic rings. The van der Waals surface area contributed by atoms with Crippen molar-refractivity contribution in [1.29, 1.82) is 0 Å². The second kappa shape index (κ2) is 3.76. The third kappa shape index (κ3) is 1.76.